The van der Waals surface area contributed by atoms with Gasteiger partial charge in [-0.1, -0.05) is 114 Å². The summed E-state index contributed by atoms with van der Waals surface area (Å²) in [5.41, 5.74) is 18.6. The first-order chi connectivity index (χ1) is 55.4. The summed E-state index contributed by atoms with van der Waals surface area (Å²) >= 11 is 0. The Morgan fingerprint density at radius 2 is 0.793 bits per heavy atom. The van der Waals surface area contributed by atoms with Crippen molar-refractivity contribution in [3.8, 4) is 33.4 Å². The second-order valence-corrected chi connectivity index (χ2v) is 36.7. The number of amides is 3. The molecule has 624 valence electrons. The second kappa shape index (κ2) is 48.7. The number of unbranched alkanes of at least 4 members (excludes halogenated alkanes) is 1. The number of carboxylic acids is 3. The third-order valence-corrected chi connectivity index (χ3v) is 25.2. The summed E-state index contributed by atoms with van der Waals surface area (Å²) in [6.07, 6.45) is 3.13. The molecule has 0 fully saturated rings. The molecule has 0 aliphatic heterocycles. The van der Waals surface area contributed by atoms with Crippen molar-refractivity contribution < 1.29 is 112 Å². The van der Waals surface area contributed by atoms with Gasteiger partial charge in [-0.3, -0.25) is 49.5 Å². The molecule has 0 saturated heterocycles. The second-order valence-electron chi connectivity index (χ2n) is 27.9. The lowest BCUT2D eigenvalue weighted by molar-refractivity contribution is -0.253. The molecule has 3 amide bonds. The third kappa shape index (κ3) is 30.6. The number of hydrogen-bond acceptors (Lipinski definition) is 23. The van der Waals surface area contributed by atoms with Crippen molar-refractivity contribution in [2.75, 3.05) is 51.5 Å². The van der Waals surface area contributed by atoms with E-state index in [4.69, 9.17) is 43.9 Å². The van der Waals surface area contributed by atoms with Gasteiger partial charge in [0.15, 0.2) is 16.6 Å². The summed E-state index contributed by atoms with van der Waals surface area (Å²) in [6.45, 7) is 23.0. The number of carbonyl (C=O) groups is 8. The van der Waals surface area contributed by atoms with Gasteiger partial charge in [-0.25, -0.2) is 50.3 Å². The van der Waals surface area contributed by atoms with Gasteiger partial charge in [0.25, 0.3) is 17.7 Å². The molecule has 0 saturated carbocycles. The van der Waals surface area contributed by atoms with Crippen LogP contribution >= 0.6 is 0 Å². The monoisotopic (exact) mass is 1640 g/mol. The zero-order chi connectivity index (χ0) is 85.7. The number of aromatic carboxylic acids is 3. The maximum absolute atomic E-state index is 13.4. The minimum absolute atomic E-state index is 0.00256. The van der Waals surface area contributed by atoms with Gasteiger partial charge >= 0.3 is 29.8 Å². The van der Waals surface area contributed by atoms with Crippen molar-refractivity contribution in [1.82, 2.24) is 21.8 Å². The van der Waals surface area contributed by atoms with Crippen LogP contribution in [0.3, 0.4) is 0 Å². The molecule has 0 aliphatic carbocycles. The number of rotatable bonds is 40. The van der Waals surface area contributed by atoms with Crippen molar-refractivity contribution >= 4 is 75.6 Å². The van der Waals surface area contributed by atoms with Crippen molar-refractivity contribution in [2.45, 2.75) is 146 Å². The average Bonchev–Trinajstić information content (AvgIpc) is 0.807. The molecule has 116 heavy (non-hydrogen) atoms. The van der Waals surface area contributed by atoms with Gasteiger partial charge in [-0.2, -0.15) is 0 Å². The van der Waals surface area contributed by atoms with E-state index in [0.29, 0.717) is 51.2 Å². The van der Waals surface area contributed by atoms with E-state index in [1.54, 1.807) is 133 Å². The minimum Gasteiger partial charge on any atom is -0.478 e. The highest BCUT2D eigenvalue weighted by Crippen LogP contribution is 2.32. The number of carboxylic acid groups (broad SMARTS) is 3. The van der Waals surface area contributed by atoms with Crippen LogP contribution in [0.25, 0.3) is 33.4 Å². The molecule has 29 nitrogen and oxygen atoms in total. The van der Waals surface area contributed by atoms with Gasteiger partial charge in [0.05, 0.1) is 64.7 Å². The van der Waals surface area contributed by atoms with Crippen LogP contribution in [0.5, 0.6) is 0 Å². The molecular formula is C85H108N6O23Si2. The molecule has 0 radical (unpaired) electrons. The normalized spacial score (nSPS) is 11.1. The first kappa shape index (κ1) is 96.0. The Kier molecular flexibility index (Phi) is 40.3. The molecule has 8 aromatic carbocycles. The number of hydroxylamine groups is 3. The van der Waals surface area contributed by atoms with Gasteiger partial charge in [0.2, 0.25) is 0 Å². The van der Waals surface area contributed by atoms with E-state index < -0.39 is 64.2 Å². The van der Waals surface area contributed by atoms with Gasteiger partial charge in [-0.05, 0) is 221 Å². The first-order valence-electron chi connectivity index (χ1n) is 37.7. The Balaban J connectivity index is 0.000000310. The van der Waals surface area contributed by atoms with Crippen LogP contribution in [0.2, 0.25) is 38.3 Å². The molecule has 0 bridgehead atoms. The molecular weight excluding hydrogens is 1530 g/mol. The Labute approximate surface area is 677 Å². The summed E-state index contributed by atoms with van der Waals surface area (Å²) in [5.74, 6) is -6.66. The quantitative estimate of drug-likeness (QED) is 0.00558. The number of nitrogens with one attached hydrogen (secondary N) is 6. The van der Waals surface area contributed by atoms with Gasteiger partial charge in [0, 0.05) is 39.1 Å². The lowest BCUT2D eigenvalue weighted by Gasteiger charge is -2.34. The van der Waals surface area contributed by atoms with Gasteiger partial charge < -0.3 is 44.9 Å². The van der Waals surface area contributed by atoms with Crippen LogP contribution in [0.4, 0.5) is 11.4 Å². The van der Waals surface area contributed by atoms with Crippen molar-refractivity contribution in [3.63, 3.8) is 0 Å². The molecule has 0 aromatic heterocycles. The molecule has 0 atom stereocenters. The zero-order valence-corrected chi connectivity index (χ0v) is 70.0. The van der Waals surface area contributed by atoms with Crippen LogP contribution in [0.1, 0.15) is 171 Å². The third-order valence-electron chi connectivity index (χ3n) is 17.7. The van der Waals surface area contributed by atoms with Gasteiger partial charge in [0.1, 0.15) is 33.0 Å². The van der Waals surface area contributed by atoms with Gasteiger partial charge in [-0.15, -0.1) is 0 Å². The average molecular weight is 1640 g/mol. The lowest BCUT2D eigenvalue weighted by atomic mass is 9.95. The summed E-state index contributed by atoms with van der Waals surface area (Å²) < 4.78 is 16.8. The van der Waals surface area contributed by atoms with Crippen molar-refractivity contribution in [2.24, 2.45) is 5.92 Å². The Hall–Kier alpha value is -10.6. The number of ether oxygens (including phenoxy) is 2. The van der Waals surface area contributed by atoms with Crippen LogP contribution < -0.4 is 32.4 Å². The Bertz CT molecular complexity index is 4630. The number of hydrogen-bond donors (Lipinski definition) is 12. The fourth-order valence-electron chi connectivity index (χ4n) is 12.1. The predicted molar refractivity (Wildman–Crippen MR) is 444 cm³/mol. The number of aryl methyl sites for hydroxylation is 2. The Morgan fingerprint density at radius 3 is 1.18 bits per heavy atom. The highest BCUT2D eigenvalue weighted by molar-refractivity contribution is 6.84. The fourth-order valence-corrected chi connectivity index (χ4v) is 21.1. The van der Waals surface area contributed by atoms with E-state index in [2.05, 4.69) is 80.2 Å². The van der Waals surface area contributed by atoms with E-state index >= 15 is 0 Å². The lowest BCUT2D eigenvalue weighted by Crippen LogP contribution is -2.44. The molecule has 31 heteroatoms. The van der Waals surface area contributed by atoms with Crippen LogP contribution in [0.15, 0.2) is 152 Å². The highest BCUT2D eigenvalue weighted by atomic mass is 28.4. The van der Waals surface area contributed by atoms with Crippen LogP contribution in [-0.4, -0.2) is 136 Å². The van der Waals surface area contributed by atoms with E-state index in [1.807, 2.05) is 51.1 Å². The SMILES string of the molecule is CC.CCCC[Si](C)(C)O[Si](C)(C)CCCNC(=O)c1cc(-c2ccc(COO)c(CONC)c2)ccc1C(=O)O.CNOCc1cc(-c2ccc(C(=O)O)c(C(=O)Nc3cc(C)cc(C(=O)OCCOC(=O)C(C)C)c3)c2)ccc1COO.CNOCc1cc(-c2ccc(C(=O)O)c(C(=O)Nc3cccc(C)c3)c2)ccc1COO. The topological polar surface area (TPSA) is 413 Å². The largest absolute Gasteiger partial charge is 0.478 e. The van der Waals surface area contributed by atoms with Crippen LogP contribution in [-0.2, 0) is 87.2 Å². The molecule has 0 spiro atoms. The Morgan fingerprint density at radius 1 is 0.414 bits per heavy atom. The standard InChI is InChI=1S/C31H34N2O10.C28H44N2O7Si2.C24H24N2O6.C2H6/c1-18(2)30(37)40-9-10-41-31(38)23-11-19(3)12-25(14-23)33-28(34)27-15-21(7-8-26(27)29(35)36)20-5-6-22(17-43-39)24(13-20)16-42-32-4;1-7-8-15-38(3,4)37-39(5,6)16-9-14-30-27(31)26-18-22(12-13-25(26)28(32)33)21-10-11-23(20-36-34)24(17-21)19-35-29-2;1-15-4-3-5-20(10-15)26-23(27)22-12-17(8-9-21(22)24(28)29)16-6-7-18(14-32-30)19(11-16)13-31-25-2;1-2/h5-8,11-15,18,32,39H,9-10,16-17H2,1-4H3,(H,33,34)(H,35,36);10-13,17-18,29,34H,7-9,14-16,19-20H2,1-6H3,(H,30,31)(H,32,33);3-12,25,30H,13-14H2,1-2H3,(H,26,27)(H,28,29);1-2H3. The highest BCUT2D eigenvalue weighted by Gasteiger charge is 2.33. The molecule has 12 N–H and O–H groups in total. The fraction of sp³-hybridized carbons (Fsp3) is 0.341. The van der Waals surface area contributed by atoms with E-state index in [-0.39, 0.29) is 103 Å². The molecule has 0 aliphatic rings. The summed E-state index contributed by atoms with van der Waals surface area (Å²) in [6, 6.07) is 43.8. The van der Waals surface area contributed by atoms with Crippen molar-refractivity contribution in [1.29, 1.82) is 0 Å². The number of esters is 2. The molecule has 8 aromatic rings. The smallest absolute Gasteiger partial charge is 0.338 e. The van der Waals surface area contributed by atoms with Crippen LogP contribution in [0, 0.1) is 19.8 Å². The predicted octanol–water partition coefficient (Wildman–Crippen LogP) is 15.9. The number of benzene rings is 8. The minimum atomic E-state index is -1.87. The summed E-state index contributed by atoms with van der Waals surface area (Å²) in [7, 11) is 1.32. The maximum Gasteiger partial charge on any atom is 0.338 e. The summed E-state index contributed by atoms with van der Waals surface area (Å²) in [4.78, 5) is 128. The molecule has 0 unspecified atom stereocenters. The maximum atomic E-state index is 13.4. The number of carbonyl (C=O) groups excluding carboxylic acids is 5. The first-order valence-corrected chi connectivity index (χ1v) is 43.9. The van der Waals surface area contributed by atoms with E-state index in [1.165, 1.54) is 43.2 Å². The molecule has 8 rings (SSSR count). The summed E-state index contributed by atoms with van der Waals surface area (Å²) in [5, 5.41) is 64.0. The van der Waals surface area contributed by atoms with Crippen molar-refractivity contribution in [3.05, 3.63) is 235 Å². The molecule has 0 heterocycles. The van der Waals surface area contributed by atoms with E-state index in [0.717, 1.165) is 57.5 Å². The number of anilines is 2. The van der Waals surface area contributed by atoms with E-state index in [9.17, 15) is 53.7 Å². The zero-order valence-electron chi connectivity index (χ0n) is 68.0.